The maximum atomic E-state index is 11.7. The molecule has 0 atom stereocenters. The summed E-state index contributed by atoms with van der Waals surface area (Å²) < 4.78 is 10.9. The second kappa shape index (κ2) is 9.47. The Morgan fingerprint density at radius 2 is 1.69 bits per heavy atom. The van der Waals surface area contributed by atoms with E-state index in [9.17, 15) is 4.79 Å². The normalized spacial score (nSPS) is 10.7. The van der Waals surface area contributed by atoms with E-state index in [0.717, 1.165) is 45.1 Å². The number of aryl methyl sites for hydroxylation is 2. The number of anilines is 2. The van der Waals surface area contributed by atoms with Crippen molar-refractivity contribution in [1.29, 1.82) is 0 Å². The lowest BCUT2D eigenvalue weighted by Crippen LogP contribution is -2.04. The Bertz CT molecular complexity index is 1240. The minimum Gasteiger partial charge on any atom is -0.489 e. The first-order valence-corrected chi connectivity index (χ1v) is 10.5. The number of esters is 1. The van der Waals surface area contributed by atoms with E-state index in [-0.39, 0.29) is 5.97 Å². The Morgan fingerprint density at radius 1 is 0.938 bits per heavy atom. The summed E-state index contributed by atoms with van der Waals surface area (Å²) in [7, 11) is 0. The maximum absolute atomic E-state index is 11.7. The van der Waals surface area contributed by atoms with Crippen LogP contribution in [0.2, 0.25) is 0 Å². The van der Waals surface area contributed by atoms with Gasteiger partial charge in [0.1, 0.15) is 24.0 Å². The number of rotatable bonds is 7. The zero-order valence-electron chi connectivity index (χ0n) is 18.4. The van der Waals surface area contributed by atoms with Crippen LogP contribution in [0.25, 0.3) is 10.9 Å². The zero-order chi connectivity index (χ0) is 22.5. The summed E-state index contributed by atoms with van der Waals surface area (Å²) in [5.41, 5.74) is 4.47. The molecule has 1 N–H and O–H groups in total. The van der Waals surface area contributed by atoms with Crippen molar-refractivity contribution in [2.45, 2.75) is 27.4 Å². The van der Waals surface area contributed by atoms with Crippen LogP contribution in [0.3, 0.4) is 0 Å². The fourth-order valence-electron chi connectivity index (χ4n) is 3.45. The molecule has 162 valence electrons. The fourth-order valence-corrected chi connectivity index (χ4v) is 3.45. The molecular formula is C26H25N3O3. The molecule has 0 amide bonds. The molecule has 0 bridgehead atoms. The molecule has 4 rings (SSSR count). The van der Waals surface area contributed by atoms with Crippen LogP contribution in [0.5, 0.6) is 5.75 Å². The molecule has 0 fully saturated rings. The van der Waals surface area contributed by atoms with Gasteiger partial charge in [-0.25, -0.2) is 14.8 Å². The Kier molecular flexibility index (Phi) is 6.31. The summed E-state index contributed by atoms with van der Waals surface area (Å²) in [5, 5.41) is 4.42. The van der Waals surface area contributed by atoms with Crippen LogP contribution >= 0.6 is 0 Å². The molecule has 1 aromatic heterocycles. The highest BCUT2D eigenvalue weighted by molar-refractivity contribution is 5.93. The SMILES string of the molecule is CCOC(=O)c1ccc(COc2ccc(Nc3nc(C)nc4cccc(C)c34)cc2)cc1. The molecule has 0 aliphatic heterocycles. The number of hydrogen-bond acceptors (Lipinski definition) is 6. The van der Waals surface area contributed by atoms with Gasteiger partial charge in [-0.05, 0) is 74.4 Å². The lowest BCUT2D eigenvalue weighted by atomic mass is 10.1. The summed E-state index contributed by atoms with van der Waals surface area (Å²) in [4.78, 5) is 20.9. The van der Waals surface area contributed by atoms with Crippen molar-refractivity contribution in [2.24, 2.45) is 0 Å². The highest BCUT2D eigenvalue weighted by atomic mass is 16.5. The third-order valence-corrected chi connectivity index (χ3v) is 5.03. The zero-order valence-corrected chi connectivity index (χ0v) is 18.4. The number of ether oxygens (including phenoxy) is 2. The molecule has 0 aliphatic carbocycles. The van der Waals surface area contributed by atoms with E-state index in [2.05, 4.69) is 28.3 Å². The van der Waals surface area contributed by atoms with Crippen molar-refractivity contribution in [1.82, 2.24) is 9.97 Å². The van der Waals surface area contributed by atoms with E-state index in [0.29, 0.717) is 18.8 Å². The highest BCUT2D eigenvalue weighted by Gasteiger charge is 2.09. The molecule has 6 heteroatoms. The summed E-state index contributed by atoms with van der Waals surface area (Å²) in [6.07, 6.45) is 0. The summed E-state index contributed by atoms with van der Waals surface area (Å²) >= 11 is 0. The first-order chi connectivity index (χ1) is 15.5. The van der Waals surface area contributed by atoms with Gasteiger partial charge in [0.25, 0.3) is 0 Å². The van der Waals surface area contributed by atoms with E-state index in [1.165, 1.54) is 0 Å². The molecule has 3 aromatic carbocycles. The molecule has 0 aliphatic rings. The van der Waals surface area contributed by atoms with Gasteiger partial charge in [0, 0.05) is 11.1 Å². The van der Waals surface area contributed by atoms with Crippen molar-refractivity contribution in [3.05, 3.63) is 89.2 Å². The van der Waals surface area contributed by atoms with Crippen molar-refractivity contribution in [3.63, 3.8) is 0 Å². The van der Waals surface area contributed by atoms with Crippen LogP contribution < -0.4 is 10.1 Å². The molecule has 6 nitrogen and oxygen atoms in total. The molecule has 0 radical (unpaired) electrons. The molecule has 0 spiro atoms. The Morgan fingerprint density at radius 3 is 2.41 bits per heavy atom. The molecule has 32 heavy (non-hydrogen) atoms. The van der Waals surface area contributed by atoms with Crippen LogP contribution in [-0.2, 0) is 11.3 Å². The van der Waals surface area contributed by atoms with Gasteiger partial charge in [-0.3, -0.25) is 0 Å². The summed E-state index contributed by atoms with van der Waals surface area (Å²) in [6.45, 7) is 6.51. The van der Waals surface area contributed by atoms with E-state index in [1.807, 2.05) is 55.5 Å². The molecule has 0 saturated carbocycles. The standard InChI is InChI=1S/C26H25N3O3/c1-4-31-26(30)20-10-8-19(9-11-20)16-32-22-14-12-21(13-15-22)29-25-24-17(2)6-5-7-23(24)27-18(3)28-25/h5-15H,4,16H2,1-3H3,(H,27,28,29). The molecular weight excluding hydrogens is 402 g/mol. The predicted octanol–water partition coefficient (Wildman–Crippen LogP) is 5.75. The van der Waals surface area contributed by atoms with Gasteiger partial charge in [-0.15, -0.1) is 0 Å². The number of benzene rings is 3. The number of carbonyl (C=O) groups excluding carboxylic acids is 1. The third kappa shape index (κ3) is 4.86. The maximum Gasteiger partial charge on any atom is 0.338 e. The van der Waals surface area contributed by atoms with Gasteiger partial charge in [-0.1, -0.05) is 24.3 Å². The van der Waals surface area contributed by atoms with Crippen LogP contribution in [0.4, 0.5) is 11.5 Å². The minimum absolute atomic E-state index is 0.315. The largest absolute Gasteiger partial charge is 0.489 e. The van der Waals surface area contributed by atoms with Crippen LogP contribution in [-0.4, -0.2) is 22.5 Å². The number of nitrogens with zero attached hydrogens (tertiary/aromatic N) is 2. The van der Waals surface area contributed by atoms with Crippen molar-refractivity contribution >= 4 is 28.4 Å². The molecule has 4 aromatic rings. The first-order valence-electron chi connectivity index (χ1n) is 10.5. The second-order valence-electron chi connectivity index (χ2n) is 7.44. The van der Waals surface area contributed by atoms with Crippen LogP contribution in [0.15, 0.2) is 66.7 Å². The summed E-state index contributed by atoms with van der Waals surface area (Å²) in [6, 6.07) is 21.0. The predicted molar refractivity (Wildman–Crippen MR) is 125 cm³/mol. The average Bonchev–Trinajstić information content (AvgIpc) is 2.79. The molecule has 0 unspecified atom stereocenters. The third-order valence-electron chi connectivity index (χ3n) is 5.03. The first kappa shape index (κ1) is 21.3. The Balaban J connectivity index is 1.42. The quantitative estimate of drug-likeness (QED) is 0.379. The number of aromatic nitrogens is 2. The Hall–Kier alpha value is -3.93. The van der Waals surface area contributed by atoms with Crippen molar-refractivity contribution in [2.75, 3.05) is 11.9 Å². The van der Waals surface area contributed by atoms with Gasteiger partial charge in [0.15, 0.2) is 0 Å². The monoisotopic (exact) mass is 427 g/mol. The topological polar surface area (TPSA) is 73.3 Å². The van der Waals surface area contributed by atoms with Gasteiger partial charge >= 0.3 is 5.97 Å². The number of carbonyl (C=O) groups is 1. The van der Waals surface area contributed by atoms with Gasteiger partial charge in [0.05, 0.1) is 17.7 Å². The number of hydrogen-bond donors (Lipinski definition) is 1. The van der Waals surface area contributed by atoms with E-state index >= 15 is 0 Å². The number of nitrogens with one attached hydrogen (secondary N) is 1. The fraction of sp³-hybridized carbons (Fsp3) is 0.192. The lowest BCUT2D eigenvalue weighted by Gasteiger charge is -2.12. The highest BCUT2D eigenvalue weighted by Crippen LogP contribution is 2.27. The van der Waals surface area contributed by atoms with Gasteiger partial charge in [0.2, 0.25) is 0 Å². The van der Waals surface area contributed by atoms with Crippen molar-refractivity contribution < 1.29 is 14.3 Å². The van der Waals surface area contributed by atoms with E-state index < -0.39 is 0 Å². The van der Waals surface area contributed by atoms with Crippen molar-refractivity contribution in [3.8, 4) is 5.75 Å². The number of fused-ring (bicyclic) bond motifs is 1. The van der Waals surface area contributed by atoms with Crippen LogP contribution in [0, 0.1) is 13.8 Å². The Labute approximate surface area is 187 Å². The molecule has 0 saturated heterocycles. The lowest BCUT2D eigenvalue weighted by molar-refractivity contribution is 0.0526. The van der Waals surface area contributed by atoms with E-state index in [4.69, 9.17) is 9.47 Å². The smallest absolute Gasteiger partial charge is 0.338 e. The van der Waals surface area contributed by atoms with Crippen LogP contribution in [0.1, 0.15) is 34.2 Å². The average molecular weight is 428 g/mol. The second-order valence-corrected chi connectivity index (χ2v) is 7.44. The molecule has 1 heterocycles. The van der Waals surface area contributed by atoms with E-state index in [1.54, 1.807) is 19.1 Å². The minimum atomic E-state index is -0.315. The summed E-state index contributed by atoms with van der Waals surface area (Å²) in [5.74, 6) is 1.95. The van der Waals surface area contributed by atoms with Gasteiger partial charge in [-0.2, -0.15) is 0 Å². The van der Waals surface area contributed by atoms with Gasteiger partial charge < -0.3 is 14.8 Å².